The molecule has 0 aliphatic heterocycles. The first-order valence-electron chi connectivity index (χ1n) is 5.37. The molecular formula is C12H15N3O. The fourth-order valence-electron chi connectivity index (χ4n) is 1.61. The number of rotatable bonds is 4. The number of hydrogen-bond acceptors (Lipinski definition) is 2. The summed E-state index contributed by atoms with van der Waals surface area (Å²) < 4.78 is 1.59. The molecule has 2 N–H and O–H groups in total. The quantitative estimate of drug-likeness (QED) is 0.810. The smallest absolute Gasteiger partial charge is 0.313 e. The van der Waals surface area contributed by atoms with E-state index in [1.54, 1.807) is 17.0 Å². The van der Waals surface area contributed by atoms with E-state index in [4.69, 9.17) is 0 Å². The van der Waals surface area contributed by atoms with Crippen LogP contribution in [0.5, 0.6) is 0 Å². The molecule has 16 heavy (non-hydrogen) atoms. The topological polar surface area (TPSA) is 49.8 Å². The number of aromatic nitrogens is 2. The van der Waals surface area contributed by atoms with Gasteiger partial charge in [-0.2, -0.15) is 0 Å². The minimum Gasteiger partial charge on any atom is -0.313 e. The molecule has 84 valence electrons. The highest BCUT2D eigenvalue weighted by atomic mass is 16.1. The third-order valence-corrected chi connectivity index (χ3v) is 2.42. The van der Waals surface area contributed by atoms with Crippen molar-refractivity contribution in [3.05, 3.63) is 52.7 Å². The maximum absolute atomic E-state index is 11.4. The number of H-pyrrole nitrogens is 1. The van der Waals surface area contributed by atoms with Gasteiger partial charge in [0.2, 0.25) is 0 Å². The maximum Gasteiger partial charge on any atom is 0.330 e. The molecule has 0 amide bonds. The average molecular weight is 217 g/mol. The Morgan fingerprint density at radius 3 is 3.00 bits per heavy atom. The second-order valence-electron chi connectivity index (χ2n) is 3.59. The molecule has 0 bridgehead atoms. The van der Waals surface area contributed by atoms with Crippen LogP contribution in [0.4, 0.5) is 0 Å². The Hall–Kier alpha value is -1.81. The predicted octanol–water partition coefficient (Wildman–Crippen LogP) is 1.28. The molecule has 1 heterocycles. The third-order valence-electron chi connectivity index (χ3n) is 2.42. The first-order valence-corrected chi connectivity index (χ1v) is 5.37. The molecule has 0 fully saturated rings. The highest BCUT2D eigenvalue weighted by Gasteiger charge is 2.00. The van der Waals surface area contributed by atoms with Gasteiger partial charge in [0, 0.05) is 18.9 Å². The first kappa shape index (κ1) is 10.7. The number of imidazole rings is 1. The summed E-state index contributed by atoms with van der Waals surface area (Å²) >= 11 is 0. The van der Waals surface area contributed by atoms with E-state index in [1.165, 1.54) is 5.56 Å². The molecule has 0 spiro atoms. The zero-order valence-electron chi connectivity index (χ0n) is 9.23. The average Bonchev–Trinajstić information content (AvgIpc) is 2.73. The van der Waals surface area contributed by atoms with Crippen molar-refractivity contribution in [2.75, 3.05) is 6.54 Å². The summed E-state index contributed by atoms with van der Waals surface area (Å²) in [5.41, 5.74) is 1.95. The Kier molecular flexibility index (Phi) is 3.22. The van der Waals surface area contributed by atoms with Crippen LogP contribution in [0.15, 0.2) is 41.5 Å². The summed E-state index contributed by atoms with van der Waals surface area (Å²) in [6.45, 7) is 3.83. The van der Waals surface area contributed by atoms with Crippen molar-refractivity contribution in [1.29, 1.82) is 0 Å². The number of aromatic amines is 1. The Balaban J connectivity index is 2.29. The number of hydrogen-bond donors (Lipinski definition) is 2. The first-order chi connectivity index (χ1) is 7.81. The van der Waals surface area contributed by atoms with Crippen LogP contribution in [-0.4, -0.2) is 16.1 Å². The zero-order valence-corrected chi connectivity index (χ0v) is 9.23. The normalized spacial score (nSPS) is 10.6. The number of benzene rings is 1. The van der Waals surface area contributed by atoms with Crippen molar-refractivity contribution in [2.24, 2.45) is 0 Å². The Morgan fingerprint density at radius 2 is 2.31 bits per heavy atom. The number of nitrogens with one attached hydrogen (secondary N) is 2. The maximum atomic E-state index is 11.4. The Bertz CT molecular complexity index is 513. The predicted molar refractivity (Wildman–Crippen MR) is 63.8 cm³/mol. The molecule has 2 rings (SSSR count). The van der Waals surface area contributed by atoms with E-state index in [1.807, 2.05) is 24.3 Å². The monoisotopic (exact) mass is 217 g/mol. The summed E-state index contributed by atoms with van der Waals surface area (Å²) in [6, 6.07) is 7.94. The van der Waals surface area contributed by atoms with Crippen molar-refractivity contribution in [3.8, 4) is 5.69 Å². The van der Waals surface area contributed by atoms with Gasteiger partial charge < -0.3 is 10.3 Å². The van der Waals surface area contributed by atoms with Gasteiger partial charge in [-0.05, 0) is 24.2 Å². The lowest BCUT2D eigenvalue weighted by Gasteiger charge is -2.05. The second kappa shape index (κ2) is 4.81. The lowest BCUT2D eigenvalue weighted by Crippen LogP contribution is -2.15. The molecular weight excluding hydrogens is 202 g/mol. The molecule has 0 aliphatic rings. The molecule has 1 aromatic heterocycles. The van der Waals surface area contributed by atoms with Crippen molar-refractivity contribution in [3.63, 3.8) is 0 Å². The van der Waals surface area contributed by atoms with E-state index >= 15 is 0 Å². The van der Waals surface area contributed by atoms with Crippen LogP contribution in [-0.2, 0) is 6.54 Å². The minimum atomic E-state index is -0.111. The molecule has 0 atom stereocenters. The Labute approximate surface area is 93.9 Å². The van der Waals surface area contributed by atoms with E-state index in [-0.39, 0.29) is 5.69 Å². The molecule has 4 heteroatoms. The minimum absolute atomic E-state index is 0.111. The molecule has 2 aromatic rings. The van der Waals surface area contributed by atoms with Crippen LogP contribution in [0.3, 0.4) is 0 Å². The van der Waals surface area contributed by atoms with Crippen LogP contribution >= 0.6 is 0 Å². The van der Waals surface area contributed by atoms with E-state index in [0.29, 0.717) is 0 Å². The van der Waals surface area contributed by atoms with Crippen LogP contribution in [0, 0.1) is 0 Å². The van der Waals surface area contributed by atoms with Crippen molar-refractivity contribution < 1.29 is 0 Å². The largest absolute Gasteiger partial charge is 0.330 e. The fourth-order valence-corrected chi connectivity index (χ4v) is 1.61. The van der Waals surface area contributed by atoms with Gasteiger partial charge in [-0.3, -0.25) is 4.57 Å². The van der Waals surface area contributed by atoms with E-state index in [0.717, 1.165) is 18.8 Å². The summed E-state index contributed by atoms with van der Waals surface area (Å²) in [5.74, 6) is 0. The van der Waals surface area contributed by atoms with E-state index in [9.17, 15) is 4.79 Å². The lowest BCUT2D eigenvalue weighted by atomic mass is 10.2. The zero-order chi connectivity index (χ0) is 11.4. The summed E-state index contributed by atoms with van der Waals surface area (Å²) in [6.07, 6.45) is 3.37. The third kappa shape index (κ3) is 2.23. The Morgan fingerprint density at radius 1 is 1.44 bits per heavy atom. The van der Waals surface area contributed by atoms with Crippen LogP contribution < -0.4 is 11.0 Å². The van der Waals surface area contributed by atoms with Crippen LogP contribution in [0.1, 0.15) is 12.5 Å². The SMILES string of the molecule is CCNCc1cccc(-n2cc[nH]c2=O)c1. The molecule has 0 saturated carbocycles. The van der Waals surface area contributed by atoms with Gasteiger partial charge in [0.15, 0.2) is 0 Å². The highest BCUT2D eigenvalue weighted by molar-refractivity contribution is 5.35. The molecule has 0 radical (unpaired) electrons. The van der Waals surface area contributed by atoms with Crippen LogP contribution in [0.25, 0.3) is 5.69 Å². The fraction of sp³-hybridized carbons (Fsp3) is 0.250. The summed E-state index contributed by atoms with van der Waals surface area (Å²) in [5, 5.41) is 3.26. The molecule has 1 aromatic carbocycles. The van der Waals surface area contributed by atoms with Crippen molar-refractivity contribution >= 4 is 0 Å². The van der Waals surface area contributed by atoms with Crippen LogP contribution in [0.2, 0.25) is 0 Å². The van der Waals surface area contributed by atoms with Gasteiger partial charge in [0.05, 0.1) is 5.69 Å². The van der Waals surface area contributed by atoms with Crippen molar-refractivity contribution in [2.45, 2.75) is 13.5 Å². The second-order valence-corrected chi connectivity index (χ2v) is 3.59. The summed E-state index contributed by atoms with van der Waals surface area (Å²) in [4.78, 5) is 14.1. The van der Waals surface area contributed by atoms with Gasteiger partial charge in [-0.15, -0.1) is 0 Å². The van der Waals surface area contributed by atoms with E-state index < -0.39 is 0 Å². The van der Waals surface area contributed by atoms with Gasteiger partial charge in [0.1, 0.15) is 0 Å². The van der Waals surface area contributed by atoms with Gasteiger partial charge in [0.25, 0.3) is 0 Å². The lowest BCUT2D eigenvalue weighted by molar-refractivity contribution is 0.726. The molecule has 0 saturated heterocycles. The summed E-state index contributed by atoms with van der Waals surface area (Å²) in [7, 11) is 0. The van der Waals surface area contributed by atoms with Gasteiger partial charge in [-0.1, -0.05) is 19.1 Å². The van der Waals surface area contributed by atoms with Crippen molar-refractivity contribution in [1.82, 2.24) is 14.9 Å². The highest BCUT2D eigenvalue weighted by Crippen LogP contribution is 2.08. The van der Waals surface area contributed by atoms with Gasteiger partial charge >= 0.3 is 5.69 Å². The van der Waals surface area contributed by atoms with E-state index in [2.05, 4.69) is 17.2 Å². The number of nitrogens with zero attached hydrogens (tertiary/aromatic N) is 1. The molecule has 0 aliphatic carbocycles. The molecule has 4 nitrogen and oxygen atoms in total. The standard InChI is InChI=1S/C12H15N3O/c1-2-13-9-10-4-3-5-11(8-10)15-7-6-14-12(15)16/h3-8,13H,2,9H2,1H3,(H,14,16). The van der Waals surface area contributed by atoms with Gasteiger partial charge in [-0.25, -0.2) is 4.79 Å². The molecule has 0 unspecified atom stereocenters.